The monoisotopic (exact) mass is 278 g/mol. The summed E-state index contributed by atoms with van der Waals surface area (Å²) in [7, 11) is 0. The molecule has 0 saturated carbocycles. The van der Waals surface area contributed by atoms with Crippen molar-refractivity contribution in [2.24, 2.45) is 5.92 Å². The van der Waals surface area contributed by atoms with E-state index in [4.69, 9.17) is 11.6 Å². The molecule has 102 valence electrons. The molecule has 0 aliphatic carbocycles. The SMILES string of the molecule is CCC1CC2C(C(=O)NCc3cccc(Cl)c3)N2C1. The maximum Gasteiger partial charge on any atom is 0.239 e. The minimum absolute atomic E-state index is 0.127. The summed E-state index contributed by atoms with van der Waals surface area (Å²) in [6, 6.07) is 8.25. The van der Waals surface area contributed by atoms with Gasteiger partial charge < -0.3 is 5.32 Å². The predicted octanol–water partition coefficient (Wildman–Crippen LogP) is 2.44. The number of nitrogens with one attached hydrogen (secondary N) is 1. The van der Waals surface area contributed by atoms with Crippen molar-refractivity contribution < 1.29 is 4.79 Å². The fourth-order valence-electron chi connectivity index (χ4n) is 3.12. The van der Waals surface area contributed by atoms with Gasteiger partial charge in [0.1, 0.15) is 6.04 Å². The van der Waals surface area contributed by atoms with Gasteiger partial charge in [0, 0.05) is 24.2 Å². The van der Waals surface area contributed by atoms with E-state index in [2.05, 4.69) is 17.1 Å². The molecule has 0 bridgehead atoms. The summed E-state index contributed by atoms with van der Waals surface area (Å²) in [5.41, 5.74) is 1.05. The summed E-state index contributed by atoms with van der Waals surface area (Å²) >= 11 is 5.92. The second-order valence-corrected chi connectivity index (χ2v) is 6.00. The predicted molar refractivity (Wildman–Crippen MR) is 76.0 cm³/mol. The van der Waals surface area contributed by atoms with Gasteiger partial charge in [-0.1, -0.05) is 37.1 Å². The molecule has 3 rings (SSSR count). The van der Waals surface area contributed by atoms with Gasteiger partial charge in [-0.3, -0.25) is 9.69 Å². The molecule has 0 spiro atoms. The molecule has 2 heterocycles. The Morgan fingerprint density at radius 2 is 2.37 bits per heavy atom. The molecule has 0 aromatic heterocycles. The van der Waals surface area contributed by atoms with E-state index in [0.29, 0.717) is 17.6 Å². The smallest absolute Gasteiger partial charge is 0.239 e. The van der Waals surface area contributed by atoms with E-state index in [1.807, 2.05) is 24.3 Å². The van der Waals surface area contributed by atoms with E-state index < -0.39 is 0 Å². The van der Waals surface area contributed by atoms with Gasteiger partial charge in [-0.25, -0.2) is 0 Å². The highest BCUT2D eigenvalue weighted by Crippen LogP contribution is 2.42. The number of halogens is 1. The quantitative estimate of drug-likeness (QED) is 0.858. The van der Waals surface area contributed by atoms with Crippen LogP contribution in [-0.4, -0.2) is 29.4 Å². The molecule has 2 fully saturated rings. The maximum absolute atomic E-state index is 12.1. The van der Waals surface area contributed by atoms with Gasteiger partial charge in [-0.05, 0) is 30.0 Å². The van der Waals surface area contributed by atoms with Crippen LogP contribution in [0.4, 0.5) is 0 Å². The van der Waals surface area contributed by atoms with Gasteiger partial charge in [0.25, 0.3) is 0 Å². The van der Waals surface area contributed by atoms with Gasteiger partial charge >= 0.3 is 0 Å². The number of carbonyl (C=O) groups is 1. The fraction of sp³-hybridized carbons (Fsp3) is 0.533. The summed E-state index contributed by atoms with van der Waals surface area (Å²) in [6.45, 7) is 3.88. The zero-order chi connectivity index (χ0) is 13.4. The average Bonchev–Trinajstić information content (AvgIpc) is 2.91. The molecule has 19 heavy (non-hydrogen) atoms. The standard InChI is InChI=1S/C15H19ClN2O/c1-2-10-7-13-14(18(13)9-10)15(19)17-8-11-4-3-5-12(16)6-11/h3-6,10,13-14H,2,7-9H2,1H3,(H,17,19). The Morgan fingerprint density at radius 1 is 1.53 bits per heavy atom. The molecular weight excluding hydrogens is 260 g/mol. The van der Waals surface area contributed by atoms with Crippen LogP contribution in [0.5, 0.6) is 0 Å². The molecule has 4 heteroatoms. The van der Waals surface area contributed by atoms with E-state index in [1.165, 1.54) is 12.8 Å². The molecular formula is C15H19ClN2O. The highest BCUT2D eigenvalue weighted by atomic mass is 35.5. The van der Waals surface area contributed by atoms with Crippen LogP contribution in [0.2, 0.25) is 5.02 Å². The molecule has 1 N–H and O–H groups in total. The highest BCUT2D eigenvalue weighted by molar-refractivity contribution is 6.30. The normalized spacial score (nSPS) is 31.9. The second kappa shape index (κ2) is 5.14. The van der Waals surface area contributed by atoms with Crippen LogP contribution in [0, 0.1) is 5.92 Å². The first-order valence-electron chi connectivity index (χ1n) is 6.97. The van der Waals surface area contributed by atoms with Crippen molar-refractivity contribution in [3.05, 3.63) is 34.9 Å². The van der Waals surface area contributed by atoms with Gasteiger partial charge in [0.15, 0.2) is 0 Å². The van der Waals surface area contributed by atoms with Gasteiger partial charge in [0.05, 0.1) is 0 Å². The van der Waals surface area contributed by atoms with Crippen molar-refractivity contribution in [3.63, 3.8) is 0 Å². The molecule has 1 aromatic carbocycles. The Morgan fingerprint density at radius 3 is 3.00 bits per heavy atom. The van der Waals surface area contributed by atoms with Crippen LogP contribution in [0.25, 0.3) is 0 Å². The van der Waals surface area contributed by atoms with Crippen molar-refractivity contribution in [3.8, 4) is 0 Å². The summed E-state index contributed by atoms with van der Waals surface area (Å²) in [4.78, 5) is 14.4. The van der Waals surface area contributed by atoms with Crippen molar-refractivity contribution in [2.45, 2.75) is 38.4 Å². The maximum atomic E-state index is 12.1. The average molecular weight is 279 g/mol. The van der Waals surface area contributed by atoms with E-state index in [9.17, 15) is 4.79 Å². The lowest BCUT2D eigenvalue weighted by molar-refractivity contribution is -0.121. The molecule has 2 aliphatic rings. The van der Waals surface area contributed by atoms with E-state index in [-0.39, 0.29) is 11.9 Å². The zero-order valence-electron chi connectivity index (χ0n) is 11.1. The van der Waals surface area contributed by atoms with Crippen molar-refractivity contribution >= 4 is 17.5 Å². The van der Waals surface area contributed by atoms with Crippen LogP contribution < -0.4 is 5.32 Å². The summed E-state index contributed by atoms with van der Waals surface area (Å²) in [5, 5.41) is 3.72. The molecule has 1 amide bonds. The second-order valence-electron chi connectivity index (χ2n) is 5.57. The third-order valence-electron chi connectivity index (χ3n) is 4.30. The lowest BCUT2D eigenvalue weighted by Crippen LogP contribution is -2.32. The van der Waals surface area contributed by atoms with Crippen molar-refractivity contribution in [1.29, 1.82) is 0 Å². The number of benzene rings is 1. The Bertz CT molecular complexity index is 479. The van der Waals surface area contributed by atoms with E-state index in [1.54, 1.807) is 0 Å². The third kappa shape index (κ3) is 2.63. The number of rotatable bonds is 4. The first-order valence-corrected chi connectivity index (χ1v) is 7.34. The molecule has 2 saturated heterocycles. The Hall–Kier alpha value is -1.06. The number of carbonyl (C=O) groups excluding carboxylic acids is 1. The first-order chi connectivity index (χ1) is 9.19. The zero-order valence-corrected chi connectivity index (χ0v) is 11.9. The molecule has 1 aromatic rings. The number of fused-ring (bicyclic) bond motifs is 1. The van der Waals surface area contributed by atoms with Gasteiger partial charge in [-0.15, -0.1) is 0 Å². The molecule has 2 aliphatic heterocycles. The highest BCUT2D eigenvalue weighted by Gasteiger charge is 2.56. The van der Waals surface area contributed by atoms with Crippen molar-refractivity contribution in [1.82, 2.24) is 10.2 Å². The number of hydrogen-bond acceptors (Lipinski definition) is 2. The van der Waals surface area contributed by atoms with Gasteiger partial charge in [0.2, 0.25) is 5.91 Å². The van der Waals surface area contributed by atoms with Gasteiger partial charge in [-0.2, -0.15) is 0 Å². The largest absolute Gasteiger partial charge is 0.351 e. The lowest BCUT2D eigenvalue weighted by atomic mass is 10.0. The summed E-state index contributed by atoms with van der Waals surface area (Å²) in [6.07, 6.45) is 2.41. The number of hydrogen-bond donors (Lipinski definition) is 1. The van der Waals surface area contributed by atoms with Crippen LogP contribution in [0.1, 0.15) is 25.3 Å². The minimum atomic E-state index is 0.127. The van der Waals surface area contributed by atoms with Crippen LogP contribution in [-0.2, 0) is 11.3 Å². The fourth-order valence-corrected chi connectivity index (χ4v) is 3.33. The molecule has 4 unspecified atom stereocenters. The van der Waals surface area contributed by atoms with Crippen LogP contribution in [0.3, 0.4) is 0 Å². The number of piperidine rings is 1. The minimum Gasteiger partial charge on any atom is -0.351 e. The number of amides is 1. The summed E-state index contributed by atoms with van der Waals surface area (Å²) < 4.78 is 0. The molecule has 0 radical (unpaired) electrons. The Kier molecular flexibility index (Phi) is 3.50. The van der Waals surface area contributed by atoms with Crippen LogP contribution >= 0.6 is 11.6 Å². The van der Waals surface area contributed by atoms with Crippen LogP contribution in [0.15, 0.2) is 24.3 Å². The van der Waals surface area contributed by atoms with E-state index in [0.717, 1.165) is 18.0 Å². The Balaban J connectivity index is 1.49. The van der Waals surface area contributed by atoms with Crippen molar-refractivity contribution in [2.75, 3.05) is 6.54 Å². The number of nitrogens with zero attached hydrogens (tertiary/aromatic N) is 1. The Labute approximate surface area is 118 Å². The first kappa shape index (κ1) is 12.9. The van der Waals surface area contributed by atoms with E-state index >= 15 is 0 Å². The third-order valence-corrected chi connectivity index (χ3v) is 4.54. The topological polar surface area (TPSA) is 32.1 Å². The molecule has 4 atom stereocenters. The molecule has 3 nitrogen and oxygen atoms in total. The lowest BCUT2D eigenvalue weighted by Gasteiger charge is -2.11. The summed E-state index contributed by atoms with van der Waals surface area (Å²) in [5.74, 6) is 0.960.